The summed E-state index contributed by atoms with van der Waals surface area (Å²) in [5.74, 6) is -2.19. The van der Waals surface area contributed by atoms with Crippen LogP contribution in [-0.4, -0.2) is 66.9 Å². The Morgan fingerprint density at radius 3 is 1.77 bits per heavy atom. The average molecular weight is 555 g/mol. The highest BCUT2D eigenvalue weighted by Gasteiger charge is 2.30. The normalized spacial score (nSPS) is 13.2. The molecule has 1 aliphatic rings. The number of urea groups is 2. The third-order valence-electron chi connectivity index (χ3n) is 6.50. The fourth-order valence-corrected chi connectivity index (χ4v) is 4.62. The van der Waals surface area contributed by atoms with Gasteiger partial charge >= 0.3 is 24.1 Å². The first-order valence-corrected chi connectivity index (χ1v) is 12.9. The van der Waals surface area contributed by atoms with E-state index >= 15 is 0 Å². The molecule has 6 amide bonds. The van der Waals surface area contributed by atoms with Crippen molar-refractivity contribution < 1.29 is 33.8 Å². The highest BCUT2D eigenvalue weighted by molar-refractivity contribution is 5.89. The molecule has 0 aliphatic heterocycles. The van der Waals surface area contributed by atoms with Crippen molar-refractivity contribution in [1.82, 2.24) is 21.3 Å². The Morgan fingerprint density at radius 1 is 0.775 bits per heavy atom. The summed E-state index contributed by atoms with van der Waals surface area (Å²) in [6, 6.07) is 11.8. The highest BCUT2D eigenvalue weighted by Crippen LogP contribution is 2.44. The van der Waals surface area contributed by atoms with Crippen molar-refractivity contribution in [2.24, 2.45) is 11.5 Å². The van der Waals surface area contributed by atoms with Crippen LogP contribution in [0.5, 0.6) is 0 Å². The minimum atomic E-state index is -1.28. The Morgan fingerprint density at radius 2 is 1.27 bits per heavy atom. The quantitative estimate of drug-likeness (QED) is 0.170. The number of hydrogen-bond donors (Lipinski definition) is 7. The molecule has 13 nitrogen and oxygen atoms in total. The van der Waals surface area contributed by atoms with Gasteiger partial charge < -0.3 is 42.6 Å². The van der Waals surface area contributed by atoms with Gasteiger partial charge in [-0.25, -0.2) is 19.2 Å². The van der Waals surface area contributed by atoms with Gasteiger partial charge in [-0.05, 0) is 47.9 Å². The van der Waals surface area contributed by atoms with Gasteiger partial charge in [0.05, 0.1) is 0 Å². The first-order chi connectivity index (χ1) is 19.2. The van der Waals surface area contributed by atoms with Crippen LogP contribution < -0.4 is 32.7 Å². The molecule has 3 rings (SSSR count). The number of carbonyl (C=O) groups is 5. The molecular weight excluding hydrogens is 520 g/mol. The van der Waals surface area contributed by atoms with Crippen LogP contribution in [0.1, 0.15) is 42.7 Å². The van der Waals surface area contributed by atoms with Gasteiger partial charge in [-0.15, -0.1) is 0 Å². The molecule has 0 spiro atoms. The summed E-state index contributed by atoms with van der Waals surface area (Å²) in [6.45, 7) is 0.309. The number of carboxylic acid groups (broad SMARTS) is 1. The molecule has 2 aromatic rings. The maximum absolute atomic E-state index is 13.0. The number of amides is 6. The van der Waals surface area contributed by atoms with E-state index in [4.69, 9.17) is 16.2 Å². The van der Waals surface area contributed by atoms with Crippen LogP contribution in [0, 0.1) is 0 Å². The number of aliphatic carboxylic acids is 1. The molecule has 9 N–H and O–H groups in total. The molecule has 214 valence electrons. The predicted octanol–water partition coefficient (Wildman–Crippen LogP) is 1.36. The molecule has 13 heteroatoms. The van der Waals surface area contributed by atoms with E-state index in [2.05, 4.69) is 21.3 Å². The van der Waals surface area contributed by atoms with Crippen LogP contribution in [0.2, 0.25) is 0 Å². The molecule has 1 aliphatic carbocycles. The second kappa shape index (κ2) is 14.4. The minimum absolute atomic E-state index is 0.0161. The zero-order chi connectivity index (χ0) is 29.1. The number of hydrogen-bond acceptors (Lipinski definition) is 6. The molecule has 0 heterocycles. The van der Waals surface area contributed by atoms with Crippen LogP contribution in [0.15, 0.2) is 48.5 Å². The minimum Gasteiger partial charge on any atom is -0.480 e. The molecule has 2 aromatic carbocycles. The van der Waals surface area contributed by atoms with Gasteiger partial charge in [0.2, 0.25) is 5.91 Å². The predicted molar refractivity (Wildman–Crippen MR) is 145 cm³/mol. The van der Waals surface area contributed by atoms with E-state index in [9.17, 15) is 29.1 Å². The van der Waals surface area contributed by atoms with E-state index in [1.54, 1.807) is 0 Å². The van der Waals surface area contributed by atoms with E-state index in [1.165, 1.54) is 0 Å². The maximum atomic E-state index is 13.0. The number of benzene rings is 2. The van der Waals surface area contributed by atoms with E-state index in [0.717, 1.165) is 22.3 Å². The van der Waals surface area contributed by atoms with Gasteiger partial charge in [-0.3, -0.25) is 4.79 Å². The van der Waals surface area contributed by atoms with Crippen LogP contribution in [0.3, 0.4) is 0 Å². The first-order valence-electron chi connectivity index (χ1n) is 12.9. The second-order valence-electron chi connectivity index (χ2n) is 9.29. The molecule has 0 unspecified atom stereocenters. The van der Waals surface area contributed by atoms with E-state index in [0.29, 0.717) is 0 Å². The zero-order valence-corrected chi connectivity index (χ0v) is 21.9. The molecule has 40 heavy (non-hydrogen) atoms. The maximum Gasteiger partial charge on any atom is 0.407 e. The summed E-state index contributed by atoms with van der Waals surface area (Å²) in [4.78, 5) is 59.3. The summed E-state index contributed by atoms with van der Waals surface area (Å²) in [5, 5.41) is 19.2. The molecule has 0 aromatic heterocycles. The Balaban J connectivity index is 1.63. The first kappa shape index (κ1) is 29.7. The van der Waals surface area contributed by atoms with Gasteiger partial charge in [0.15, 0.2) is 0 Å². The molecule has 0 fully saturated rings. The van der Waals surface area contributed by atoms with Crippen molar-refractivity contribution in [2.45, 2.75) is 43.7 Å². The van der Waals surface area contributed by atoms with Gasteiger partial charge in [-0.1, -0.05) is 48.5 Å². The third-order valence-corrected chi connectivity index (χ3v) is 6.50. The number of alkyl carbamates (subject to hydrolysis) is 1. The lowest BCUT2D eigenvalue weighted by molar-refractivity contribution is -0.142. The van der Waals surface area contributed by atoms with Gasteiger partial charge in [0, 0.05) is 19.0 Å². The summed E-state index contributed by atoms with van der Waals surface area (Å²) in [6.07, 6.45) is -0.242. The molecule has 0 radical (unpaired) electrons. The average Bonchev–Trinajstić information content (AvgIpc) is 3.24. The number of fused-ring (bicyclic) bond motifs is 3. The number of primary amides is 2. The highest BCUT2D eigenvalue weighted by atomic mass is 16.5. The summed E-state index contributed by atoms with van der Waals surface area (Å²) in [7, 11) is 0. The van der Waals surface area contributed by atoms with Crippen LogP contribution in [0.25, 0.3) is 11.1 Å². The molecular formula is C27H34N6O7. The molecule has 0 bridgehead atoms. The number of carbonyl (C=O) groups excluding carboxylic acids is 4. The summed E-state index contributed by atoms with van der Waals surface area (Å²) >= 11 is 0. The van der Waals surface area contributed by atoms with Crippen molar-refractivity contribution in [3.63, 3.8) is 0 Å². The van der Waals surface area contributed by atoms with Crippen molar-refractivity contribution in [2.75, 3.05) is 19.7 Å². The van der Waals surface area contributed by atoms with E-state index in [1.807, 2.05) is 48.5 Å². The van der Waals surface area contributed by atoms with E-state index < -0.39 is 42.1 Å². The molecule has 2 atom stereocenters. The largest absolute Gasteiger partial charge is 0.480 e. The lowest BCUT2D eigenvalue weighted by Crippen LogP contribution is -2.52. The van der Waals surface area contributed by atoms with Crippen molar-refractivity contribution in [1.29, 1.82) is 0 Å². The van der Waals surface area contributed by atoms with Gasteiger partial charge in [0.25, 0.3) is 0 Å². The Bertz CT molecular complexity index is 1190. The lowest BCUT2D eigenvalue weighted by Gasteiger charge is -2.22. The lowest BCUT2D eigenvalue weighted by atomic mass is 9.98. The van der Waals surface area contributed by atoms with E-state index in [-0.39, 0.29) is 51.3 Å². The van der Waals surface area contributed by atoms with Crippen molar-refractivity contribution in [3.8, 4) is 11.1 Å². The number of rotatable bonds is 14. The fourth-order valence-electron chi connectivity index (χ4n) is 4.62. The Hall–Kier alpha value is -4.81. The Labute approximate surface area is 231 Å². The number of ether oxygens (including phenoxy) is 1. The Kier molecular flexibility index (Phi) is 10.7. The second-order valence-corrected chi connectivity index (χ2v) is 9.29. The summed E-state index contributed by atoms with van der Waals surface area (Å²) in [5.41, 5.74) is 14.3. The van der Waals surface area contributed by atoms with Crippen molar-refractivity contribution in [3.05, 3.63) is 59.7 Å². The number of nitrogens with one attached hydrogen (secondary N) is 4. The number of nitrogens with two attached hydrogens (primary N) is 2. The third kappa shape index (κ3) is 8.35. The van der Waals surface area contributed by atoms with Crippen LogP contribution >= 0.6 is 0 Å². The molecule has 0 saturated carbocycles. The van der Waals surface area contributed by atoms with Gasteiger partial charge in [0.1, 0.15) is 18.7 Å². The summed E-state index contributed by atoms with van der Waals surface area (Å²) < 4.78 is 5.53. The fraction of sp³-hybridized carbons (Fsp3) is 0.370. The van der Waals surface area contributed by atoms with Gasteiger partial charge in [-0.2, -0.15) is 0 Å². The van der Waals surface area contributed by atoms with Crippen molar-refractivity contribution >= 4 is 30.0 Å². The van der Waals surface area contributed by atoms with Crippen LogP contribution in [-0.2, 0) is 14.3 Å². The number of carboxylic acids is 1. The standard InChI is InChI=1S/C27H34N6O7/c28-25(37)30-13-5-11-21(23(34)32-22(24(35)36)12-6-14-31-26(29)38)33-27(39)40-15-20-18-9-3-1-7-16(18)17-8-2-4-10-19(17)20/h1-4,7-10,20-22H,5-6,11-15H2,(H,32,34)(H,33,39)(H,35,36)(H3,28,30,37)(H3,29,31,38)/t21-,22-/m1/s1. The topological polar surface area (TPSA) is 215 Å². The molecule has 0 saturated heterocycles. The smallest absolute Gasteiger partial charge is 0.407 e. The zero-order valence-electron chi connectivity index (χ0n) is 21.9. The monoisotopic (exact) mass is 554 g/mol. The SMILES string of the molecule is NC(=O)NCCC[C@@H](NC(=O)[C@@H](CCCNC(N)=O)NC(=O)OCC1c2ccccc2-c2ccccc21)C(=O)O. The van der Waals surface area contributed by atoms with Crippen LogP contribution in [0.4, 0.5) is 14.4 Å².